The van der Waals surface area contributed by atoms with Crippen molar-refractivity contribution in [1.29, 1.82) is 0 Å². The number of nitrogens with one attached hydrogen (secondary N) is 1. The lowest BCUT2D eigenvalue weighted by atomic mass is 9.84. The molecule has 2 atom stereocenters. The summed E-state index contributed by atoms with van der Waals surface area (Å²) in [5.74, 6) is -0.186. The summed E-state index contributed by atoms with van der Waals surface area (Å²) in [7, 11) is 0. The minimum Gasteiger partial charge on any atom is -0.369 e. The fraction of sp³-hybridized carbons (Fsp3) is 0.538. The highest BCUT2D eigenvalue weighted by Crippen LogP contribution is 2.24. The van der Waals surface area contributed by atoms with E-state index in [0.717, 1.165) is 31.4 Å². The van der Waals surface area contributed by atoms with Gasteiger partial charge in [0.15, 0.2) is 0 Å². The first-order valence-electron chi connectivity index (χ1n) is 6.19. The fourth-order valence-electron chi connectivity index (χ4n) is 2.47. The van der Waals surface area contributed by atoms with Gasteiger partial charge in [-0.25, -0.2) is 0 Å². The van der Waals surface area contributed by atoms with Crippen LogP contribution >= 0.6 is 0 Å². The van der Waals surface area contributed by atoms with E-state index in [1.54, 1.807) is 6.20 Å². The van der Waals surface area contributed by atoms with Gasteiger partial charge in [-0.1, -0.05) is 18.9 Å². The summed E-state index contributed by atoms with van der Waals surface area (Å²) in [6.45, 7) is 0.752. The first-order chi connectivity index (χ1) is 8.27. The van der Waals surface area contributed by atoms with Gasteiger partial charge in [-0.15, -0.1) is 0 Å². The van der Waals surface area contributed by atoms with E-state index in [1.807, 2.05) is 18.3 Å². The Hall–Kier alpha value is -1.42. The van der Waals surface area contributed by atoms with E-state index in [-0.39, 0.29) is 17.9 Å². The zero-order valence-corrected chi connectivity index (χ0v) is 9.93. The largest absolute Gasteiger partial charge is 0.369 e. The maximum atomic E-state index is 11.3. The molecule has 1 amide bonds. The Kier molecular flexibility index (Phi) is 4.09. The number of aromatic nitrogens is 1. The molecule has 0 aromatic carbocycles. The Bertz CT molecular complexity index is 366. The number of carbonyl (C=O) groups excluding carboxylic acids is 1. The smallest absolute Gasteiger partial charge is 0.222 e. The van der Waals surface area contributed by atoms with Gasteiger partial charge in [-0.3, -0.25) is 9.78 Å². The van der Waals surface area contributed by atoms with Crippen LogP contribution in [0.3, 0.4) is 0 Å². The van der Waals surface area contributed by atoms with Gasteiger partial charge in [0.25, 0.3) is 0 Å². The maximum Gasteiger partial charge on any atom is 0.222 e. The van der Waals surface area contributed by atoms with Crippen molar-refractivity contribution in [1.82, 2.24) is 10.3 Å². The molecule has 2 rings (SSSR count). The summed E-state index contributed by atoms with van der Waals surface area (Å²) in [5.41, 5.74) is 6.58. The molecule has 92 valence electrons. The molecule has 3 N–H and O–H groups in total. The quantitative estimate of drug-likeness (QED) is 0.821. The maximum absolute atomic E-state index is 11.3. The molecule has 1 aromatic heterocycles. The van der Waals surface area contributed by atoms with Crippen molar-refractivity contribution in [2.24, 2.45) is 11.7 Å². The average Bonchev–Trinajstić information content (AvgIpc) is 2.38. The van der Waals surface area contributed by atoms with Crippen LogP contribution in [0.1, 0.15) is 31.2 Å². The van der Waals surface area contributed by atoms with Gasteiger partial charge in [0.1, 0.15) is 0 Å². The Morgan fingerprint density at radius 2 is 2.29 bits per heavy atom. The van der Waals surface area contributed by atoms with Crippen molar-refractivity contribution < 1.29 is 4.79 Å². The third-order valence-corrected chi connectivity index (χ3v) is 3.42. The average molecular weight is 233 g/mol. The van der Waals surface area contributed by atoms with Crippen molar-refractivity contribution in [2.75, 3.05) is 0 Å². The number of rotatable bonds is 4. The molecule has 0 saturated heterocycles. The molecule has 0 aliphatic heterocycles. The predicted octanol–water partition coefficient (Wildman–Crippen LogP) is 1.22. The van der Waals surface area contributed by atoms with Crippen LogP contribution in [0.2, 0.25) is 0 Å². The second-order valence-corrected chi connectivity index (χ2v) is 4.64. The van der Waals surface area contributed by atoms with Crippen molar-refractivity contribution in [2.45, 2.75) is 38.3 Å². The van der Waals surface area contributed by atoms with Crippen LogP contribution in [0, 0.1) is 5.92 Å². The highest BCUT2D eigenvalue weighted by Gasteiger charge is 2.28. The first kappa shape index (κ1) is 12.0. The van der Waals surface area contributed by atoms with Crippen molar-refractivity contribution in [3.05, 3.63) is 30.1 Å². The highest BCUT2D eigenvalue weighted by molar-refractivity contribution is 5.77. The Balaban J connectivity index is 1.90. The molecule has 4 heteroatoms. The van der Waals surface area contributed by atoms with Crippen molar-refractivity contribution >= 4 is 5.91 Å². The third kappa shape index (κ3) is 3.27. The van der Waals surface area contributed by atoms with E-state index in [2.05, 4.69) is 10.3 Å². The monoisotopic (exact) mass is 233 g/mol. The van der Waals surface area contributed by atoms with Crippen LogP contribution in [0.25, 0.3) is 0 Å². The van der Waals surface area contributed by atoms with Crippen LogP contribution in [0.4, 0.5) is 0 Å². The van der Waals surface area contributed by atoms with E-state index in [0.29, 0.717) is 0 Å². The molecule has 17 heavy (non-hydrogen) atoms. The molecule has 4 nitrogen and oxygen atoms in total. The van der Waals surface area contributed by atoms with Crippen LogP contribution in [0.15, 0.2) is 24.5 Å². The van der Waals surface area contributed by atoms with Crippen LogP contribution < -0.4 is 11.1 Å². The minimum absolute atomic E-state index is 0.0135. The molecule has 1 aliphatic rings. The van der Waals surface area contributed by atoms with Gasteiger partial charge in [-0.05, 0) is 24.5 Å². The molecule has 0 radical (unpaired) electrons. The first-order valence-corrected chi connectivity index (χ1v) is 6.19. The predicted molar refractivity (Wildman–Crippen MR) is 66.0 cm³/mol. The van der Waals surface area contributed by atoms with E-state index >= 15 is 0 Å². The standard InChI is InChI=1S/C13H19N3O/c14-13(17)11-5-1-2-6-12(11)16-9-10-4-3-7-15-8-10/h3-4,7-8,11-12,16H,1-2,5-6,9H2,(H2,14,17)/t11-,12-/m0/s1. The summed E-state index contributed by atoms with van der Waals surface area (Å²) < 4.78 is 0. The summed E-state index contributed by atoms with van der Waals surface area (Å²) in [4.78, 5) is 15.4. The van der Waals surface area contributed by atoms with E-state index in [4.69, 9.17) is 5.73 Å². The van der Waals surface area contributed by atoms with Crippen molar-refractivity contribution in [3.63, 3.8) is 0 Å². The molecular weight excluding hydrogens is 214 g/mol. The summed E-state index contributed by atoms with van der Waals surface area (Å²) >= 11 is 0. The number of hydrogen-bond donors (Lipinski definition) is 2. The number of hydrogen-bond acceptors (Lipinski definition) is 3. The lowest BCUT2D eigenvalue weighted by Crippen LogP contribution is -2.44. The SMILES string of the molecule is NC(=O)[C@H]1CCCC[C@@H]1NCc1cccnc1. The minimum atomic E-state index is -0.173. The molecule has 1 heterocycles. The summed E-state index contributed by atoms with van der Waals surface area (Å²) in [5, 5.41) is 3.43. The normalized spacial score (nSPS) is 24.5. The van der Waals surface area contributed by atoms with Gasteiger partial charge in [0, 0.05) is 25.0 Å². The number of carbonyl (C=O) groups is 1. The van der Waals surface area contributed by atoms with Gasteiger partial charge in [0.05, 0.1) is 5.92 Å². The van der Waals surface area contributed by atoms with Gasteiger partial charge in [-0.2, -0.15) is 0 Å². The fourth-order valence-corrected chi connectivity index (χ4v) is 2.47. The summed E-state index contributed by atoms with van der Waals surface area (Å²) in [6.07, 6.45) is 7.84. The molecule has 1 saturated carbocycles. The Labute approximate surface area is 102 Å². The molecule has 0 spiro atoms. The summed E-state index contributed by atoms with van der Waals surface area (Å²) in [6, 6.07) is 4.17. The number of pyridine rings is 1. The van der Waals surface area contributed by atoms with Crippen LogP contribution in [-0.4, -0.2) is 16.9 Å². The van der Waals surface area contributed by atoms with Gasteiger partial charge in [0.2, 0.25) is 5.91 Å². The Morgan fingerprint density at radius 3 is 3.00 bits per heavy atom. The number of primary amides is 1. The second-order valence-electron chi connectivity index (χ2n) is 4.64. The van der Waals surface area contributed by atoms with Crippen LogP contribution in [0.5, 0.6) is 0 Å². The third-order valence-electron chi connectivity index (χ3n) is 3.42. The van der Waals surface area contributed by atoms with E-state index in [9.17, 15) is 4.79 Å². The molecule has 0 bridgehead atoms. The molecule has 0 unspecified atom stereocenters. The molecule has 1 aliphatic carbocycles. The lowest BCUT2D eigenvalue weighted by molar-refractivity contribution is -0.123. The van der Waals surface area contributed by atoms with Gasteiger partial charge >= 0.3 is 0 Å². The van der Waals surface area contributed by atoms with Crippen LogP contribution in [-0.2, 0) is 11.3 Å². The highest BCUT2D eigenvalue weighted by atomic mass is 16.1. The number of nitrogens with zero attached hydrogens (tertiary/aromatic N) is 1. The van der Waals surface area contributed by atoms with Crippen molar-refractivity contribution in [3.8, 4) is 0 Å². The molecule has 1 aromatic rings. The zero-order chi connectivity index (χ0) is 12.1. The van der Waals surface area contributed by atoms with Gasteiger partial charge < -0.3 is 11.1 Å². The zero-order valence-electron chi connectivity index (χ0n) is 9.93. The Morgan fingerprint density at radius 1 is 1.47 bits per heavy atom. The molecule has 1 fully saturated rings. The van der Waals surface area contributed by atoms with E-state index in [1.165, 1.54) is 6.42 Å². The molecular formula is C13H19N3O. The number of amides is 1. The van der Waals surface area contributed by atoms with E-state index < -0.39 is 0 Å². The lowest BCUT2D eigenvalue weighted by Gasteiger charge is -2.30. The topological polar surface area (TPSA) is 68.0 Å². The second kappa shape index (κ2) is 5.77. The number of nitrogens with two attached hydrogens (primary N) is 1.